The van der Waals surface area contributed by atoms with Crippen LogP contribution in [0.25, 0.3) is 0 Å². The molecule has 1 aromatic carbocycles. The van der Waals surface area contributed by atoms with E-state index >= 15 is 0 Å². The Kier molecular flexibility index (Phi) is 6.79. The van der Waals surface area contributed by atoms with Crippen LogP contribution in [0.4, 0.5) is 0 Å². The van der Waals surface area contributed by atoms with Crippen molar-refractivity contribution in [1.29, 1.82) is 0 Å². The molecule has 5 heteroatoms. The highest BCUT2D eigenvalue weighted by Crippen LogP contribution is 2.19. The third kappa shape index (κ3) is 5.91. The molecule has 0 aliphatic heterocycles. The quantitative estimate of drug-likeness (QED) is 0.571. The van der Waals surface area contributed by atoms with Crippen LogP contribution in [0.2, 0.25) is 0 Å². The number of aryl methyl sites for hydroxylation is 2. The van der Waals surface area contributed by atoms with E-state index in [-0.39, 0.29) is 0 Å². The average Bonchev–Trinajstić information content (AvgIpc) is 2.91. The smallest absolute Gasteiger partial charge is 0.0587 e. The van der Waals surface area contributed by atoms with Crippen molar-refractivity contribution < 1.29 is 4.74 Å². The second kappa shape index (κ2) is 8.87. The van der Waals surface area contributed by atoms with Crippen molar-refractivity contribution in [1.82, 2.24) is 15.1 Å². The molecule has 2 rings (SSSR count). The average molecular weight is 305 g/mol. The third-order valence-corrected chi connectivity index (χ3v) is 4.17. The topological polar surface area (TPSA) is 39.1 Å². The lowest BCUT2D eigenvalue weighted by molar-refractivity contribution is 0.199. The minimum Gasteiger partial charge on any atom is -0.383 e. The van der Waals surface area contributed by atoms with Crippen molar-refractivity contribution in [2.24, 2.45) is 7.05 Å². The predicted octanol–water partition coefficient (Wildman–Crippen LogP) is 2.49. The van der Waals surface area contributed by atoms with Crippen LogP contribution in [0.1, 0.15) is 11.1 Å². The van der Waals surface area contributed by atoms with E-state index in [0.29, 0.717) is 0 Å². The van der Waals surface area contributed by atoms with Gasteiger partial charge in [0, 0.05) is 44.1 Å². The molecule has 0 unspecified atom stereocenters. The molecule has 1 aromatic heterocycles. The molecule has 0 aliphatic rings. The molecule has 0 spiro atoms. The first-order chi connectivity index (χ1) is 10.3. The van der Waals surface area contributed by atoms with Crippen molar-refractivity contribution in [3.8, 4) is 0 Å². The number of rotatable bonds is 9. The molecule has 0 aliphatic carbocycles. The standard InChI is InChI=1S/C16H23N3OS/c1-19-13-15(12-18-19)7-10-21-16-5-3-14(4-6-16)11-17-8-9-20-2/h3-6,12-13,17H,7-11H2,1-2H3. The normalized spacial score (nSPS) is 11.0. The second-order valence-electron chi connectivity index (χ2n) is 4.93. The fourth-order valence-electron chi connectivity index (χ4n) is 2.00. The SMILES string of the molecule is COCCNCc1ccc(SCCc2cnn(C)c2)cc1. The van der Waals surface area contributed by atoms with Crippen LogP contribution in [0.5, 0.6) is 0 Å². The summed E-state index contributed by atoms with van der Waals surface area (Å²) in [5.74, 6) is 1.08. The molecule has 0 bridgehead atoms. The Bertz CT molecular complexity index is 525. The lowest BCUT2D eigenvalue weighted by Crippen LogP contribution is -2.18. The minimum absolute atomic E-state index is 0.752. The summed E-state index contributed by atoms with van der Waals surface area (Å²) in [6, 6.07) is 8.76. The Morgan fingerprint density at radius 3 is 2.71 bits per heavy atom. The van der Waals surface area contributed by atoms with Gasteiger partial charge in [0.15, 0.2) is 0 Å². The summed E-state index contributed by atoms with van der Waals surface area (Å²) in [5, 5.41) is 7.54. The van der Waals surface area contributed by atoms with Crippen molar-refractivity contribution in [2.75, 3.05) is 26.0 Å². The van der Waals surface area contributed by atoms with E-state index in [1.807, 2.05) is 29.7 Å². The highest BCUT2D eigenvalue weighted by atomic mass is 32.2. The Morgan fingerprint density at radius 1 is 1.24 bits per heavy atom. The minimum atomic E-state index is 0.752. The molecule has 0 fully saturated rings. The molecular weight excluding hydrogens is 282 g/mol. The molecule has 0 amide bonds. The Morgan fingerprint density at radius 2 is 2.05 bits per heavy atom. The van der Waals surface area contributed by atoms with Crippen LogP contribution >= 0.6 is 11.8 Å². The van der Waals surface area contributed by atoms with Gasteiger partial charge in [-0.2, -0.15) is 5.10 Å². The third-order valence-electron chi connectivity index (χ3n) is 3.15. The molecule has 0 saturated heterocycles. The van der Waals surface area contributed by atoms with Crippen LogP contribution in [0, 0.1) is 0 Å². The maximum atomic E-state index is 5.01. The van der Waals surface area contributed by atoms with E-state index in [2.05, 4.69) is 40.9 Å². The first kappa shape index (κ1) is 16.1. The Labute approximate surface area is 130 Å². The van der Waals surface area contributed by atoms with Crippen LogP contribution in [0.15, 0.2) is 41.6 Å². The molecule has 0 radical (unpaired) electrons. The molecule has 2 aromatic rings. The van der Waals surface area contributed by atoms with E-state index in [1.54, 1.807) is 7.11 Å². The van der Waals surface area contributed by atoms with Gasteiger partial charge in [-0.05, 0) is 29.7 Å². The van der Waals surface area contributed by atoms with E-state index < -0.39 is 0 Å². The summed E-state index contributed by atoms with van der Waals surface area (Å²) in [6.07, 6.45) is 5.07. The van der Waals surface area contributed by atoms with E-state index in [4.69, 9.17) is 4.74 Å². The number of benzene rings is 1. The van der Waals surface area contributed by atoms with Crippen LogP contribution < -0.4 is 5.32 Å². The maximum absolute atomic E-state index is 5.01. The summed E-state index contributed by atoms with van der Waals surface area (Å²) in [7, 11) is 3.68. The van der Waals surface area contributed by atoms with Gasteiger partial charge in [-0.25, -0.2) is 0 Å². The van der Waals surface area contributed by atoms with Gasteiger partial charge >= 0.3 is 0 Å². The summed E-state index contributed by atoms with van der Waals surface area (Å²) in [6.45, 7) is 2.53. The second-order valence-corrected chi connectivity index (χ2v) is 6.10. The van der Waals surface area contributed by atoms with Crippen molar-refractivity contribution in [2.45, 2.75) is 17.9 Å². The molecule has 21 heavy (non-hydrogen) atoms. The number of aromatic nitrogens is 2. The number of ether oxygens (including phenoxy) is 1. The zero-order chi connectivity index (χ0) is 14.9. The highest BCUT2D eigenvalue weighted by molar-refractivity contribution is 7.99. The van der Waals surface area contributed by atoms with Gasteiger partial charge in [0.2, 0.25) is 0 Å². The zero-order valence-electron chi connectivity index (χ0n) is 12.7. The number of thioether (sulfide) groups is 1. The Hall–Kier alpha value is -1.30. The molecule has 1 heterocycles. The lowest BCUT2D eigenvalue weighted by Gasteiger charge is -2.06. The number of nitrogens with one attached hydrogen (secondary N) is 1. The van der Waals surface area contributed by atoms with Crippen molar-refractivity contribution >= 4 is 11.8 Å². The first-order valence-electron chi connectivity index (χ1n) is 7.17. The number of nitrogens with zero attached hydrogens (tertiary/aromatic N) is 2. The van der Waals surface area contributed by atoms with Crippen LogP contribution in [-0.2, 0) is 24.8 Å². The summed E-state index contributed by atoms with van der Waals surface area (Å²) in [4.78, 5) is 1.32. The van der Waals surface area contributed by atoms with Crippen molar-refractivity contribution in [3.63, 3.8) is 0 Å². The van der Waals surface area contributed by atoms with E-state index in [0.717, 1.165) is 31.9 Å². The predicted molar refractivity (Wildman–Crippen MR) is 87.7 cm³/mol. The number of methoxy groups -OCH3 is 1. The zero-order valence-corrected chi connectivity index (χ0v) is 13.5. The van der Waals surface area contributed by atoms with Gasteiger partial charge in [0.05, 0.1) is 12.8 Å². The fraction of sp³-hybridized carbons (Fsp3) is 0.438. The molecular formula is C16H23N3OS. The molecule has 4 nitrogen and oxygen atoms in total. The first-order valence-corrected chi connectivity index (χ1v) is 8.15. The summed E-state index contributed by atoms with van der Waals surface area (Å²) < 4.78 is 6.86. The lowest BCUT2D eigenvalue weighted by atomic mass is 10.2. The highest BCUT2D eigenvalue weighted by Gasteiger charge is 1.99. The molecule has 0 saturated carbocycles. The van der Waals surface area contributed by atoms with Gasteiger partial charge < -0.3 is 10.1 Å². The molecule has 0 atom stereocenters. The number of hydrogen-bond donors (Lipinski definition) is 1. The monoisotopic (exact) mass is 305 g/mol. The largest absolute Gasteiger partial charge is 0.383 e. The molecule has 1 N–H and O–H groups in total. The van der Waals surface area contributed by atoms with Gasteiger partial charge in [0.1, 0.15) is 0 Å². The van der Waals surface area contributed by atoms with Gasteiger partial charge in [-0.3, -0.25) is 4.68 Å². The van der Waals surface area contributed by atoms with Gasteiger partial charge in [0.25, 0.3) is 0 Å². The Balaban J connectivity index is 1.69. The van der Waals surface area contributed by atoms with Crippen molar-refractivity contribution in [3.05, 3.63) is 47.8 Å². The maximum Gasteiger partial charge on any atom is 0.0587 e. The number of hydrogen-bond acceptors (Lipinski definition) is 4. The fourth-order valence-corrected chi connectivity index (χ4v) is 2.90. The van der Waals surface area contributed by atoms with Gasteiger partial charge in [-0.1, -0.05) is 12.1 Å². The summed E-state index contributed by atoms with van der Waals surface area (Å²) in [5.41, 5.74) is 2.60. The van der Waals surface area contributed by atoms with Crippen LogP contribution in [0.3, 0.4) is 0 Å². The van der Waals surface area contributed by atoms with Gasteiger partial charge in [-0.15, -0.1) is 11.8 Å². The summed E-state index contributed by atoms with van der Waals surface area (Å²) >= 11 is 1.89. The van der Waals surface area contributed by atoms with E-state index in [9.17, 15) is 0 Å². The van der Waals surface area contributed by atoms with Crippen LogP contribution in [-0.4, -0.2) is 35.8 Å². The van der Waals surface area contributed by atoms with E-state index in [1.165, 1.54) is 16.0 Å². The molecule has 114 valence electrons.